The highest BCUT2D eigenvalue weighted by Crippen LogP contribution is 2.57. The van der Waals surface area contributed by atoms with E-state index in [1.54, 1.807) is 0 Å². The van der Waals surface area contributed by atoms with Crippen molar-refractivity contribution in [3.63, 3.8) is 0 Å². The lowest BCUT2D eigenvalue weighted by molar-refractivity contribution is -0.318. The third-order valence-corrected chi connectivity index (χ3v) is 10.4. The van der Waals surface area contributed by atoms with Gasteiger partial charge in [-0.2, -0.15) is 0 Å². The molecular formula is C40H41NO2. The molecule has 1 spiro atoms. The van der Waals surface area contributed by atoms with Crippen LogP contribution in [-0.4, -0.2) is 18.8 Å². The van der Waals surface area contributed by atoms with Crippen LogP contribution in [0.3, 0.4) is 0 Å². The van der Waals surface area contributed by atoms with Crippen molar-refractivity contribution in [2.75, 3.05) is 11.4 Å². The first kappa shape index (κ1) is 26.9. The van der Waals surface area contributed by atoms with Crippen LogP contribution in [0.5, 0.6) is 0 Å². The van der Waals surface area contributed by atoms with E-state index < -0.39 is 5.79 Å². The van der Waals surface area contributed by atoms with E-state index in [2.05, 4.69) is 132 Å². The summed E-state index contributed by atoms with van der Waals surface area (Å²) in [4.78, 5) is 2.59. The van der Waals surface area contributed by atoms with E-state index in [0.29, 0.717) is 6.54 Å². The summed E-state index contributed by atoms with van der Waals surface area (Å²) in [7, 11) is 0. The van der Waals surface area contributed by atoms with Gasteiger partial charge in [0.2, 0.25) is 5.79 Å². The Balaban J connectivity index is 1.43. The molecule has 3 heteroatoms. The predicted octanol–water partition coefficient (Wildman–Crippen LogP) is 9.29. The molecular weight excluding hydrogens is 526 g/mol. The second kappa shape index (κ2) is 9.17. The summed E-state index contributed by atoms with van der Waals surface area (Å²) < 4.78 is 13.9. The van der Waals surface area contributed by atoms with Gasteiger partial charge in [-0.1, -0.05) is 80.1 Å². The summed E-state index contributed by atoms with van der Waals surface area (Å²) >= 11 is 0. The third kappa shape index (κ3) is 3.81. The molecule has 3 heterocycles. The van der Waals surface area contributed by atoms with E-state index in [4.69, 9.17) is 9.47 Å². The van der Waals surface area contributed by atoms with Crippen molar-refractivity contribution in [1.29, 1.82) is 0 Å². The molecule has 3 aliphatic heterocycles. The minimum atomic E-state index is -0.816. The Bertz CT molecular complexity index is 1840. The lowest BCUT2D eigenvalue weighted by atomic mass is 9.77. The maximum Gasteiger partial charge on any atom is 0.214 e. The van der Waals surface area contributed by atoms with Gasteiger partial charge in [-0.05, 0) is 109 Å². The molecule has 8 rings (SSSR count). The Labute approximate surface area is 256 Å². The van der Waals surface area contributed by atoms with Crippen molar-refractivity contribution in [2.24, 2.45) is 0 Å². The van der Waals surface area contributed by atoms with Crippen LogP contribution in [0.2, 0.25) is 0 Å². The Kier molecular flexibility index (Phi) is 5.74. The molecule has 1 saturated heterocycles. The molecule has 0 N–H and O–H groups in total. The standard InChI is InChI=1S/C40H41NO2/c1-23-16-25(3)38-33(17-23)36-20-30(28-13-9-8-12-24(28)2)32-19-31-29-14-10-11-15-34(29)39(6,7)35(31)21-37(32)41(36)22-40(38)42-26(4)18-27(5)43-40/h8-17,19-21,26-27,36H,18,22H2,1-7H3. The van der Waals surface area contributed by atoms with E-state index in [-0.39, 0.29) is 23.7 Å². The Morgan fingerprint density at radius 2 is 1.42 bits per heavy atom. The molecule has 3 nitrogen and oxygen atoms in total. The number of aryl methyl sites for hydroxylation is 3. The van der Waals surface area contributed by atoms with Gasteiger partial charge in [-0.15, -0.1) is 0 Å². The van der Waals surface area contributed by atoms with Crippen LogP contribution in [0.1, 0.15) is 90.2 Å². The molecule has 43 heavy (non-hydrogen) atoms. The van der Waals surface area contributed by atoms with Crippen LogP contribution in [0.25, 0.3) is 16.7 Å². The number of benzene rings is 4. The van der Waals surface area contributed by atoms with Crippen LogP contribution in [0.15, 0.2) is 78.9 Å². The first-order valence-electron chi connectivity index (χ1n) is 15.9. The zero-order valence-corrected chi connectivity index (χ0v) is 26.4. The number of fused-ring (bicyclic) bond motifs is 9. The minimum absolute atomic E-state index is 0.0750. The molecule has 4 aromatic carbocycles. The van der Waals surface area contributed by atoms with Crippen molar-refractivity contribution in [1.82, 2.24) is 0 Å². The molecule has 0 bridgehead atoms. The van der Waals surface area contributed by atoms with Gasteiger partial charge in [0.05, 0.1) is 24.8 Å². The third-order valence-electron chi connectivity index (χ3n) is 10.4. The summed E-state index contributed by atoms with van der Waals surface area (Å²) in [5, 5.41) is 0. The van der Waals surface area contributed by atoms with Gasteiger partial charge in [0, 0.05) is 22.2 Å². The second-order valence-electron chi connectivity index (χ2n) is 13.9. The van der Waals surface area contributed by atoms with Gasteiger partial charge >= 0.3 is 0 Å². The van der Waals surface area contributed by atoms with E-state index in [9.17, 15) is 0 Å². The summed E-state index contributed by atoms with van der Waals surface area (Å²) in [6.45, 7) is 16.5. The van der Waals surface area contributed by atoms with E-state index in [0.717, 1.165) is 6.42 Å². The van der Waals surface area contributed by atoms with Crippen molar-refractivity contribution in [3.05, 3.63) is 129 Å². The average Bonchev–Trinajstić information content (AvgIpc) is 3.17. The number of rotatable bonds is 1. The summed E-state index contributed by atoms with van der Waals surface area (Å²) in [5.74, 6) is -0.816. The lowest BCUT2D eigenvalue weighted by Crippen LogP contribution is -2.56. The molecule has 0 aromatic heterocycles. The minimum Gasteiger partial charge on any atom is -0.355 e. The molecule has 3 unspecified atom stereocenters. The molecule has 3 atom stereocenters. The lowest BCUT2D eigenvalue weighted by Gasteiger charge is -2.53. The highest BCUT2D eigenvalue weighted by molar-refractivity contribution is 5.95. The first-order chi connectivity index (χ1) is 20.6. The molecule has 218 valence electrons. The fourth-order valence-electron chi connectivity index (χ4n) is 8.72. The molecule has 1 fully saturated rings. The maximum absolute atomic E-state index is 6.93. The van der Waals surface area contributed by atoms with Crippen molar-refractivity contribution in [2.45, 2.75) is 84.3 Å². The highest BCUT2D eigenvalue weighted by Gasteiger charge is 2.52. The van der Waals surface area contributed by atoms with Gasteiger partial charge in [0.1, 0.15) is 0 Å². The van der Waals surface area contributed by atoms with Crippen LogP contribution < -0.4 is 4.90 Å². The topological polar surface area (TPSA) is 21.7 Å². The predicted molar refractivity (Wildman–Crippen MR) is 176 cm³/mol. The van der Waals surface area contributed by atoms with Crippen molar-refractivity contribution >= 4 is 11.3 Å². The van der Waals surface area contributed by atoms with Gasteiger partial charge < -0.3 is 14.4 Å². The van der Waals surface area contributed by atoms with Crippen LogP contribution in [0.4, 0.5) is 5.69 Å². The smallest absolute Gasteiger partial charge is 0.214 e. The number of hydrogen-bond acceptors (Lipinski definition) is 3. The monoisotopic (exact) mass is 567 g/mol. The van der Waals surface area contributed by atoms with Crippen LogP contribution >= 0.6 is 0 Å². The Morgan fingerprint density at radius 1 is 0.721 bits per heavy atom. The zero-order valence-electron chi connectivity index (χ0n) is 26.4. The summed E-state index contributed by atoms with van der Waals surface area (Å²) in [6, 6.07) is 27.5. The average molecular weight is 568 g/mol. The van der Waals surface area contributed by atoms with Crippen LogP contribution in [-0.2, 0) is 20.7 Å². The van der Waals surface area contributed by atoms with E-state index in [1.807, 2.05) is 0 Å². The zero-order chi connectivity index (χ0) is 29.8. The van der Waals surface area contributed by atoms with Gasteiger partial charge in [-0.25, -0.2) is 0 Å². The fraction of sp³-hybridized carbons (Fsp3) is 0.350. The first-order valence-corrected chi connectivity index (χ1v) is 15.9. The number of ether oxygens (including phenoxy) is 2. The Hall–Kier alpha value is -3.66. The molecule has 4 aromatic rings. The van der Waals surface area contributed by atoms with Gasteiger partial charge in [0.15, 0.2) is 0 Å². The maximum atomic E-state index is 6.93. The second-order valence-corrected chi connectivity index (χ2v) is 13.9. The highest BCUT2D eigenvalue weighted by atomic mass is 16.7. The molecule has 4 aliphatic rings. The molecule has 0 amide bonds. The molecule has 0 saturated carbocycles. The normalized spacial score (nSPS) is 26.3. The van der Waals surface area contributed by atoms with E-state index >= 15 is 0 Å². The largest absolute Gasteiger partial charge is 0.355 e. The summed E-state index contributed by atoms with van der Waals surface area (Å²) in [6.07, 6.45) is 3.65. The fourth-order valence-corrected chi connectivity index (χ4v) is 8.72. The molecule has 0 radical (unpaired) electrons. The SMILES string of the molecule is Cc1cc(C)c2c(c1)C1C=C(c3ccccc3C)c3cc4c(cc3N1CC21OC(C)CC(C)O1)C(C)(C)c1ccccc1-4. The quantitative estimate of drug-likeness (QED) is 0.229. The number of anilines is 1. The van der Waals surface area contributed by atoms with Crippen molar-refractivity contribution < 1.29 is 9.47 Å². The summed E-state index contributed by atoms with van der Waals surface area (Å²) in [5.41, 5.74) is 16.9. The van der Waals surface area contributed by atoms with E-state index in [1.165, 1.54) is 72.5 Å². The van der Waals surface area contributed by atoms with Gasteiger partial charge in [-0.3, -0.25) is 0 Å². The number of nitrogens with zero attached hydrogens (tertiary/aromatic N) is 1. The van der Waals surface area contributed by atoms with Gasteiger partial charge in [0.25, 0.3) is 0 Å². The number of hydrogen-bond donors (Lipinski definition) is 0. The Morgan fingerprint density at radius 3 is 2.16 bits per heavy atom. The molecule has 1 aliphatic carbocycles. The van der Waals surface area contributed by atoms with Crippen molar-refractivity contribution in [3.8, 4) is 11.1 Å². The van der Waals surface area contributed by atoms with Crippen LogP contribution in [0, 0.1) is 20.8 Å².